The van der Waals surface area contributed by atoms with E-state index in [9.17, 15) is 0 Å². The molecule has 0 aliphatic rings. The zero-order chi connectivity index (χ0) is 12.3. The number of aryl methyl sites for hydroxylation is 1. The maximum atomic E-state index is 5.54. The van der Waals surface area contributed by atoms with E-state index in [0.717, 1.165) is 5.56 Å². The first-order valence-corrected chi connectivity index (χ1v) is 5.10. The Morgan fingerprint density at radius 3 is 2.71 bits per heavy atom. The van der Waals surface area contributed by atoms with Gasteiger partial charge in [-0.3, -0.25) is 0 Å². The Kier molecular flexibility index (Phi) is 3.09. The molecule has 17 heavy (non-hydrogen) atoms. The zero-order valence-corrected chi connectivity index (χ0v) is 9.68. The number of nitrogens with zero attached hydrogens (tertiary/aromatic N) is 2. The Morgan fingerprint density at radius 1 is 1.18 bits per heavy atom. The van der Waals surface area contributed by atoms with Crippen LogP contribution in [0.4, 0.5) is 5.82 Å². The largest absolute Gasteiger partial charge is 0.493 e. The molecule has 1 aromatic carbocycles. The number of aromatic nitrogens is 2. The van der Waals surface area contributed by atoms with Crippen molar-refractivity contribution < 1.29 is 9.47 Å². The summed E-state index contributed by atoms with van der Waals surface area (Å²) < 4.78 is 10.7. The predicted octanol–water partition coefficient (Wildman–Crippen LogP) is 2.17. The van der Waals surface area contributed by atoms with Crippen LogP contribution < -0.4 is 15.2 Å². The zero-order valence-electron chi connectivity index (χ0n) is 9.68. The van der Waals surface area contributed by atoms with Gasteiger partial charge in [0.25, 0.3) is 0 Å². The Bertz CT molecular complexity index is 529. The number of hydrogen-bond acceptors (Lipinski definition) is 5. The quantitative estimate of drug-likeness (QED) is 0.876. The smallest absolute Gasteiger partial charge is 0.324 e. The number of ether oxygens (including phenoxy) is 2. The van der Waals surface area contributed by atoms with Crippen LogP contribution in [-0.2, 0) is 0 Å². The average Bonchev–Trinajstić information content (AvgIpc) is 2.31. The van der Waals surface area contributed by atoms with Crippen molar-refractivity contribution in [2.45, 2.75) is 6.92 Å². The second-order valence-electron chi connectivity index (χ2n) is 3.52. The second kappa shape index (κ2) is 4.69. The van der Waals surface area contributed by atoms with E-state index in [1.165, 1.54) is 0 Å². The molecule has 0 atom stereocenters. The van der Waals surface area contributed by atoms with Gasteiger partial charge < -0.3 is 15.2 Å². The molecule has 0 aliphatic heterocycles. The molecule has 2 N–H and O–H groups in total. The van der Waals surface area contributed by atoms with Crippen molar-refractivity contribution in [1.82, 2.24) is 9.97 Å². The molecule has 0 saturated heterocycles. The van der Waals surface area contributed by atoms with Crippen LogP contribution in [0.3, 0.4) is 0 Å². The number of anilines is 1. The molecule has 1 aromatic heterocycles. The molecule has 2 aromatic rings. The van der Waals surface area contributed by atoms with Gasteiger partial charge in [-0.2, -0.15) is 4.98 Å². The van der Waals surface area contributed by atoms with E-state index in [2.05, 4.69) is 9.97 Å². The number of rotatable bonds is 3. The number of benzene rings is 1. The molecule has 0 fully saturated rings. The van der Waals surface area contributed by atoms with Crippen molar-refractivity contribution in [2.24, 2.45) is 0 Å². The van der Waals surface area contributed by atoms with E-state index in [1.54, 1.807) is 25.4 Å². The molecule has 0 radical (unpaired) electrons. The number of hydrogen-bond donors (Lipinski definition) is 1. The topological polar surface area (TPSA) is 70.3 Å². The number of nitrogens with two attached hydrogens (primary N) is 1. The van der Waals surface area contributed by atoms with Crippen molar-refractivity contribution in [2.75, 3.05) is 12.8 Å². The summed E-state index contributed by atoms with van der Waals surface area (Å²) in [5.74, 6) is 1.56. The maximum absolute atomic E-state index is 5.54. The Hall–Kier alpha value is -2.30. The van der Waals surface area contributed by atoms with E-state index in [4.69, 9.17) is 15.2 Å². The minimum Gasteiger partial charge on any atom is -0.493 e. The van der Waals surface area contributed by atoms with Crippen LogP contribution in [0.2, 0.25) is 0 Å². The fourth-order valence-electron chi connectivity index (χ4n) is 1.36. The third-order valence-electron chi connectivity index (χ3n) is 2.18. The summed E-state index contributed by atoms with van der Waals surface area (Å²) >= 11 is 0. The van der Waals surface area contributed by atoms with Crippen molar-refractivity contribution in [3.63, 3.8) is 0 Å². The lowest BCUT2D eigenvalue weighted by Crippen LogP contribution is -1.97. The molecular formula is C12H13N3O2. The first-order valence-electron chi connectivity index (χ1n) is 5.10. The van der Waals surface area contributed by atoms with Crippen molar-refractivity contribution in [3.05, 3.63) is 36.0 Å². The Morgan fingerprint density at radius 2 is 2.00 bits per heavy atom. The van der Waals surface area contributed by atoms with Crippen LogP contribution in [0.15, 0.2) is 30.5 Å². The van der Waals surface area contributed by atoms with Crippen LogP contribution in [0.1, 0.15) is 5.56 Å². The molecule has 5 nitrogen and oxygen atoms in total. The molecule has 0 unspecified atom stereocenters. The molecule has 0 spiro atoms. The molecular weight excluding hydrogens is 218 g/mol. The minimum atomic E-state index is 0.201. The van der Waals surface area contributed by atoms with E-state index in [-0.39, 0.29) is 6.01 Å². The van der Waals surface area contributed by atoms with Gasteiger partial charge in [0.2, 0.25) is 0 Å². The van der Waals surface area contributed by atoms with Gasteiger partial charge in [-0.1, -0.05) is 6.07 Å². The highest BCUT2D eigenvalue weighted by atomic mass is 16.5. The lowest BCUT2D eigenvalue weighted by Gasteiger charge is -2.09. The molecule has 2 rings (SSSR count). The van der Waals surface area contributed by atoms with Gasteiger partial charge in [-0.05, 0) is 30.7 Å². The normalized spacial score (nSPS) is 10.0. The van der Waals surface area contributed by atoms with Crippen LogP contribution in [-0.4, -0.2) is 17.1 Å². The average molecular weight is 231 g/mol. The van der Waals surface area contributed by atoms with Crippen molar-refractivity contribution in [3.8, 4) is 17.5 Å². The first-order chi connectivity index (χ1) is 8.19. The third-order valence-corrected chi connectivity index (χ3v) is 2.18. The van der Waals surface area contributed by atoms with Crippen LogP contribution >= 0.6 is 0 Å². The number of nitrogen functional groups attached to an aromatic ring is 1. The highest BCUT2D eigenvalue weighted by molar-refractivity contribution is 5.44. The highest BCUT2D eigenvalue weighted by Crippen LogP contribution is 2.30. The fourth-order valence-corrected chi connectivity index (χ4v) is 1.36. The van der Waals surface area contributed by atoms with E-state index < -0.39 is 0 Å². The van der Waals surface area contributed by atoms with Crippen LogP contribution in [0.5, 0.6) is 17.5 Å². The molecule has 0 aliphatic carbocycles. The predicted molar refractivity (Wildman–Crippen MR) is 64.2 cm³/mol. The lowest BCUT2D eigenvalue weighted by molar-refractivity contribution is 0.368. The fraction of sp³-hybridized carbons (Fsp3) is 0.167. The summed E-state index contributed by atoms with van der Waals surface area (Å²) in [7, 11) is 1.59. The van der Waals surface area contributed by atoms with E-state index in [0.29, 0.717) is 17.3 Å². The summed E-state index contributed by atoms with van der Waals surface area (Å²) in [4.78, 5) is 7.92. The van der Waals surface area contributed by atoms with Gasteiger partial charge in [0.1, 0.15) is 5.82 Å². The second-order valence-corrected chi connectivity index (χ2v) is 3.52. The van der Waals surface area contributed by atoms with Crippen molar-refractivity contribution >= 4 is 5.82 Å². The van der Waals surface area contributed by atoms with Crippen molar-refractivity contribution in [1.29, 1.82) is 0 Å². The number of methoxy groups -OCH3 is 1. The van der Waals surface area contributed by atoms with Gasteiger partial charge in [0.15, 0.2) is 11.5 Å². The highest BCUT2D eigenvalue weighted by Gasteiger charge is 2.07. The summed E-state index contributed by atoms with van der Waals surface area (Å²) in [6, 6.07) is 7.40. The van der Waals surface area contributed by atoms with Crippen LogP contribution in [0.25, 0.3) is 0 Å². The van der Waals surface area contributed by atoms with Gasteiger partial charge in [-0.25, -0.2) is 4.98 Å². The van der Waals surface area contributed by atoms with Crippen LogP contribution in [0, 0.1) is 6.92 Å². The van der Waals surface area contributed by atoms with Gasteiger partial charge in [-0.15, -0.1) is 0 Å². The first kappa shape index (κ1) is 11.2. The SMILES string of the molecule is COc1cc(C)ccc1Oc1nccc(N)n1. The monoisotopic (exact) mass is 231 g/mol. The molecule has 0 saturated carbocycles. The van der Waals surface area contributed by atoms with Gasteiger partial charge in [0, 0.05) is 6.20 Å². The van der Waals surface area contributed by atoms with E-state index >= 15 is 0 Å². The standard InChI is InChI=1S/C12H13N3O2/c1-8-3-4-9(10(7-8)16-2)17-12-14-6-5-11(13)15-12/h3-7H,1-2H3,(H2,13,14,15). The molecule has 0 amide bonds. The molecule has 5 heteroatoms. The lowest BCUT2D eigenvalue weighted by atomic mass is 10.2. The third kappa shape index (κ3) is 2.63. The maximum Gasteiger partial charge on any atom is 0.324 e. The summed E-state index contributed by atoms with van der Waals surface area (Å²) in [6.07, 6.45) is 1.54. The van der Waals surface area contributed by atoms with E-state index in [1.807, 2.05) is 19.1 Å². The molecule has 1 heterocycles. The Balaban J connectivity index is 2.29. The summed E-state index contributed by atoms with van der Waals surface area (Å²) in [5.41, 5.74) is 6.63. The minimum absolute atomic E-state index is 0.201. The summed E-state index contributed by atoms with van der Waals surface area (Å²) in [6.45, 7) is 1.98. The van der Waals surface area contributed by atoms with Gasteiger partial charge in [0.05, 0.1) is 7.11 Å². The molecule has 0 bridgehead atoms. The van der Waals surface area contributed by atoms with Gasteiger partial charge >= 0.3 is 6.01 Å². The Labute approximate surface area is 99.2 Å². The summed E-state index contributed by atoms with van der Waals surface area (Å²) in [5, 5.41) is 0. The molecule has 88 valence electrons.